The van der Waals surface area contributed by atoms with Gasteiger partial charge in [-0.05, 0) is 24.6 Å². The van der Waals surface area contributed by atoms with Crippen molar-refractivity contribution in [2.45, 2.75) is 38.5 Å². The molecule has 0 spiro atoms. The van der Waals surface area contributed by atoms with E-state index >= 15 is 0 Å². The van der Waals surface area contributed by atoms with E-state index in [0.717, 1.165) is 37.6 Å². The molecule has 4 nitrogen and oxygen atoms in total. The first-order chi connectivity index (χ1) is 7.16. The van der Waals surface area contributed by atoms with E-state index in [1.165, 1.54) is 0 Å². The predicted octanol–water partition coefficient (Wildman–Crippen LogP) is 2.53. The monoisotopic (exact) mass is 229 g/mol. The molecule has 1 aromatic rings. The molecule has 1 aliphatic heterocycles. The first-order valence-corrected chi connectivity index (χ1v) is 5.75. The lowest BCUT2D eigenvalue weighted by atomic mass is 9.97. The molecular formula is C10H16ClN3O. The first kappa shape index (κ1) is 10.9. The van der Waals surface area contributed by atoms with E-state index < -0.39 is 0 Å². The molecule has 1 fully saturated rings. The van der Waals surface area contributed by atoms with Crippen molar-refractivity contribution in [1.82, 2.24) is 14.6 Å². The third-order valence-electron chi connectivity index (χ3n) is 2.76. The van der Waals surface area contributed by atoms with Crippen molar-refractivity contribution < 1.29 is 4.52 Å². The summed E-state index contributed by atoms with van der Waals surface area (Å²) >= 11 is 5.89. The van der Waals surface area contributed by atoms with Crippen LogP contribution >= 0.6 is 11.8 Å². The molecule has 0 amide bonds. The summed E-state index contributed by atoms with van der Waals surface area (Å²) in [7, 11) is 0. The summed E-state index contributed by atoms with van der Waals surface area (Å²) in [6, 6.07) is 0. The number of piperidine rings is 1. The van der Waals surface area contributed by atoms with Crippen LogP contribution in [0.15, 0.2) is 4.52 Å². The molecule has 0 saturated carbocycles. The normalized spacial score (nSPS) is 20.0. The molecule has 15 heavy (non-hydrogen) atoms. The van der Waals surface area contributed by atoms with Crippen molar-refractivity contribution in [3.05, 3.63) is 11.7 Å². The van der Waals surface area contributed by atoms with Gasteiger partial charge in [0.2, 0.25) is 5.89 Å². The Labute approximate surface area is 94.7 Å². The molecule has 0 aromatic carbocycles. The SMILES string of the molecule is CC(C)c1nc(C2CCN(Cl)CC2)no1. The maximum atomic E-state index is 5.89. The average Bonchev–Trinajstić information content (AvgIpc) is 2.68. The Balaban J connectivity index is 2.03. The highest BCUT2D eigenvalue weighted by molar-refractivity contribution is 6.13. The van der Waals surface area contributed by atoms with Gasteiger partial charge in [-0.15, -0.1) is 0 Å². The van der Waals surface area contributed by atoms with Crippen molar-refractivity contribution in [3.63, 3.8) is 0 Å². The van der Waals surface area contributed by atoms with Crippen LogP contribution in [-0.4, -0.2) is 27.6 Å². The minimum absolute atomic E-state index is 0.305. The van der Waals surface area contributed by atoms with E-state index in [2.05, 4.69) is 24.0 Å². The highest BCUT2D eigenvalue weighted by Gasteiger charge is 2.24. The Bertz CT molecular complexity index is 318. The van der Waals surface area contributed by atoms with Crippen LogP contribution in [0.25, 0.3) is 0 Å². The van der Waals surface area contributed by atoms with Crippen LogP contribution in [0.1, 0.15) is 50.2 Å². The van der Waals surface area contributed by atoms with Gasteiger partial charge >= 0.3 is 0 Å². The zero-order chi connectivity index (χ0) is 10.8. The Morgan fingerprint density at radius 1 is 1.40 bits per heavy atom. The van der Waals surface area contributed by atoms with Gasteiger partial charge in [0.05, 0.1) is 0 Å². The zero-order valence-electron chi connectivity index (χ0n) is 9.11. The number of rotatable bonds is 2. The summed E-state index contributed by atoms with van der Waals surface area (Å²) in [5, 5.41) is 4.04. The molecule has 0 radical (unpaired) electrons. The molecule has 0 unspecified atom stereocenters. The van der Waals surface area contributed by atoms with E-state index in [4.69, 9.17) is 16.3 Å². The molecule has 5 heteroatoms. The van der Waals surface area contributed by atoms with Crippen LogP contribution in [0.5, 0.6) is 0 Å². The Morgan fingerprint density at radius 3 is 2.60 bits per heavy atom. The number of halogens is 1. The molecule has 1 aliphatic rings. The second-order valence-corrected chi connectivity index (χ2v) is 4.81. The summed E-state index contributed by atoms with van der Waals surface area (Å²) in [5.41, 5.74) is 0. The maximum Gasteiger partial charge on any atom is 0.229 e. The predicted molar refractivity (Wildman–Crippen MR) is 57.8 cm³/mol. The maximum absolute atomic E-state index is 5.89. The molecule has 0 N–H and O–H groups in total. The van der Waals surface area contributed by atoms with E-state index in [9.17, 15) is 0 Å². The van der Waals surface area contributed by atoms with Crippen LogP contribution in [0.2, 0.25) is 0 Å². The Hall–Kier alpha value is -0.610. The summed E-state index contributed by atoms with van der Waals surface area (Å²) < 4.78 is 7.02. The molecule has 84 valence electrons. The fraction of sp³-hybridized carbons (Fsp3) is 0.800. The van der Waals surface area contributed by atoms with E-state index in [-0.39, 0.29) is 0 Å². The lowest BCUT2D eigenvalue weighted by Crippen LogP contribution is -2.25. The average molecular weight is 230 g/mol. The number of nitrogens with zero attached hydrogens (tertiary/aromatic N) is 3. The smallest absolute Gasteiger partial charge is 0.229 e. The van der Waals surface area contributed by atoms with Crippen LogP contribution in [0.4, 0.5) is 0 Å². The van der Waals surface area contributed by atoms with Crippen LogP contribution in [0, 0.1) is 0 Å². The van der Waals surface area contributed by atoms with Gasteiger partial charge in [-0.25, -0.2) is 4.42 Å². The van der Waals surface area contributed by atoms with Gasteiger partial charge in [-0.1, -0.05) is 19.0 Å². The number of hydrogen-bond acceptors (Lipinski definition) is 4. The van der Waals surface area contributed by atoms with Gasteiger partial charge in [0, 0.05) is 24.9 Å². The summed E-state index contributed by atoms with van der Waals surface area (Å²) in [6.45, 7) is 5.91. The van der Waals surface area contributed by atoms with Gasteiger partial charge in [0.25, 0.3) is 0 Å². The van der Waals surface area contributed by atoms with Crippen molar-refractivity contribution >= 4 is 11.8 Å². The van der Waals surface area contributed by atoms with Gasteiger partial charge in [0.1, 0.15) is 0 Å². The molecular weight excluding hydrogens is 214 g/mol. The lowest BCUT2D eigenvalue weighted by molar-refractivity contribution is 0.315. The van der Waals surface area contributed by atoms with Gasteiger partial charge in [0.15, 0.2) is 5.82 Å². The fourth-order valence-corrected chi connectivity index (χ4v) is 1.95. The molecule has 0 bridgehead atoms. The van der Waals surface area contributed by atoms with E-state index in [1.54, 1.807) is 0 Å². The molecule has 0 aliphatic carbocycles. The van der Waals surface area contributed by atoms with Gasteiger partial charge in [-0.3, -0.25) is 0 Å². The highest BCUT2D eigenvalue weighted by Crippen LogP contribution is 2.27. The van der Waals surface area contributed by atoms with Crippen LogP contribution in [-0.2, 0) is 0 Å². The molecule has 1 aromatic heterocycles. The van der Waals surface area contributed by atoms with Gasteiger partial charge < -0.3 is 4.52 Å². The van der Waals surface area contributed by atoms with E-state index in [1.807, 2.05) is 4.42 Å². The third-order valence-corrected chi connectivity index (χ3v) is 3.09. The van der Waals surface area contributed by atoms with Crippen molar-refractivity contribution in [1.29, 1.82) is 0 Å². The fourth-order valence-electron chi connectivity index (χ4n) is 1.75. The quantitative estimate of drug-likeness (QED) is 0.731. The second kappa shape index (κ2) is 4.49. The first-order valence-electron chi connectivity index (χ1n) is 5.41. The zero-order valence-corrected chi connectivity index (χ0v) is 9.87. The standard InChI is InChI=1S/C10H16ClN3O/c1-7(2)10-12-9(13-15-10)8-3-5-14(11)6-4-8/h7-8H,3-6H2,1-2H3. The van der Waals surface area contributed by atoms with Gasteiger partial charge in [-0.2, -0.15) is 4.98 Å². The third kappa shape index (κ3) is 2.49. The highest BCUT2D eigenvalue weighted by atomic mass is 35.5. The van der Waals surface area contributed by atoms with Crippen molar-refractivity contribution in [3.8, 4) is 0 Å². The van der Waals surface area contributed by atoms with Crippen molar-refractivity contribution in [2.75, 3.05) is 13.1 Å². The molecule has 2 rings (SSSR count). The summed E-state index contributed by atoms with van der Waals surface area (Å²) in [6.07, 6.45) is 2.03. The summed E-state index contributed by atoms with van der Waals surface area (Å²) in [4.78, 5) is 4.42. The van der Waals surface area contributed by atoms with E-state index in [0.29, 0.717) is 11.8 Å². The lowest BCUT2D eigenvalue weighted by Gasteiger charge is -2.24. The van der Waals surface area contributed by atoms with Crippen LogP contribution < -0.4 is 0 Å². The Morgan fingerprint density at radius 2 is 2.07 bits per heavy atom. The topological polar surface area (TPSA) is 42.2 Å². The molecule has 2 heterocycles. The largest absolute Gasteiger partial charge is 0.339 e. The number of aromatic nitrogens is 2. The minimum Gasteiger partial charge on any atom is -0.339 e. The molecule has 1 saturated heterocycles. The van der Waals surface area contributed by atoms with Crippen LogP contribution in [0.3, 0.4) is 0 Å². The number of hydrogen-bond donors (Lipinski definition) is 0. The molecule has 0 atom stereocenters. The second-order valence-electron chi connectivity index (χ2n) is 4.33. The van der Waals surface area contributed by atoms with Crippen molar-refractivity contribution in [2.24, 2.45) is 0 Å². The minimum atomic E-state index is 0.305. The Kier molecular flexibility index (Phi) is 3.26. The summed E-state index contributed by atoms with van der Waals surface area (Å²) in [5.74, 6) is 2.30.